The van der Waals surface area contributed by atoms with Crippen molar-refractivity contribution < 1.29 is 4.92 Å². The Morgan fingerprint density at radius 2 is 2.09 bits per heavy atom. The third-order valence-corrected chi connectivity index (χ3v) is 3.53. The van der Waals surface area contributed by atoms with E-state index < -0.39 is 0 Å². The molecule has 0 atom stereocenters. The van der Waals surface area contributed by atoms with Gasteiger partial charge in [-0.3, -0.25) is 10.1 Å². The standard InChI is InChI=1S/C15H15N5O2/c1-10-7-12-11(13(8-10)20(21)22)3-4-17-15(12)18-9-14-16-5-6-19(14)2/h3-8H,9H2,1-2H3,(H,17,18). The normalized spacial score (nSPS) is 10.8. The van der Waals surface area contributed by atoms with Crippen molar-refractivity contribution in [1.29, 1.82) is 0 Å². The van der Waals surface area contributed by atoms with Gasteiger partial charge in [-0.2, -0.15) is 0 Å². The fourth-order valence-electron chi connectivity index (χ4n) is 2.43. The summed E-state index contributed by atoms with van der Waals surface area (Å²) < 4.78 is 1.91. The summed E-state index contributed by atoms with van der Waals surface area (Å²) in [6, 6.07) is 5.14. The van der Waals surface area contributed by atoms with E-state index in [1.807, 2.05) is 30.8 Å². The van der Waals surface area contributed by atoms with Gasteiger partial charge in [0.05, 0.1) is 16.9 Å². The van der Waals surface area contributed by atoms with Crippen molar-refractivity contribution >= 4 is 22.3 Å². The van der Waals surface area contributed by atoms with Crippen LogP contribution in [0, 0.1) is 17.0 Å². The summed E-state index contributed by atoms with van der Waals surface area (Å²) in [7, 11) is 1.91. The van der Waals surface area contributed by atoms with Gasteiger partial charge in [0.25, 0.3) is 5.69 Å². The van der Waals surface area contributed by atoms with Crippen LogP contribution >= 0.6 is 0 Å². The molecule has 0 fully saturated rings. The van der Waals surface area contributed by atoms with Gasteiger partial charge in [-0.1, -0.05) is 0 Å². The zero-order valence-corrected chi connectivity index (χ0v) is 12.3. The number of nitro benzene ring substituents is 1. The number of nitrogens with one attached hydrogen (secondary N) is 1. The topological polar surface area (TPSA) is 85.9 Å². The number of nitrogens with zero attached hydrogens (tertiary/aromatic N) is 4. The average Bonchev–Trinajstić information content (AvgIpc) is 2.89. The summed E-state index contributed by atoms with van der Waals surface area (Å²) >= 11 is 0. The Bertz CT molecular complexity index is 856. The first-order valence-electron chi connectivity index (χ1n) is 6.80. The maximum atomic E-state index is 11.2. The van der Waals surface area contributed by atoms with Crippen LogP contribution in [0.2, 0.25) is 0 Å². The molecular formula is C15H15N5O2. The van der Waals surface area contributed by atoms with E-state index in [1.165, 1.54) is 0 Å². The molecule has 0 aliphatic heterocycles. The smallest absolute Gasteiger partial charge is 0.277 e. The summed E-state index contributed by atoms with van der Waals surface area (Å²) in [6.45, 7) is 2.33. The number of anilines is 1. The van der Waals surface area contributed by atoms with Crippen LogP contribution in [0.4, 0.5) is 11.5 Å². The molecule has 0 spiro atoms. The van der Waals surface area contributed by atoms with Crippen molar-refractivity contribution in [1.82, 2.24) is 14.5 Å². The molecule has 0 saturated heterocycles. The summed E-state index contributed by atoms with van der Waals surface area (Å²) in [6.07, 6.45) is 5.16. The van der Waals surface area contributed by atoms with E-state index in [2.05, 4.69) is 15.3 Å². The maximum Gasteiger partial charge on any atom is 0.277 e. The molecule has 0 amide bonds. The van der Waals surface area contributed by atoms with E-state index in [0.29, 0.717) is 17.7 Å². The molecule has 22 heavy (non-hydrogen) atoms. The van der Waals surface area contributed by atoms with Crippen LogP contribution in [0.25, 0.3) is 10.8 Å². The number of rotatable bonds is 4. The molecule has 0 radical (unpaired) electrons. The van der Waals surface area contributed by atoms with Crippen molar-refractivity contribution in [2.75, 3.05) is 5.32 Å². The highest BCUT2D eigenvalue weighted by Crippen LogP contribution is 2.30. The van der Waals surface area contributed by atoms with Crippen molar-refractivity contribution in [2.24, 2.45) is 7.05 Å². The third kappa shape index (κ3) is 2.48. The van der Waals surface area contributed by atoms with Gasteiger partial charge in [-0.25, -0.2) is 9.97 Å². The summed E-state index contributed by atoms with van der Waals surface area (Å²) in [5.41, 5.74) is 0.921. The van der Waals surface area contributed by atoms with Gasteiger partial charge in [-0.15, -0.1) is 0 Å². The fraction of sp³-hybridized carbons (Fsp3) is 0.200. The van der Waals surface area contributed by atoms with Crippen molar-refractivity contribution in [3.8, 4) is 0 Å². The van der Waals surface area contributed by atoms with E-state index >= 15 is 0 Å². The van der Waals surface area contributed by atoms with Crippen LogP contribution in [0.15, 0.2) is 36.8 Å². The number of hydrogen-bond donors (Lipinski definition) is 1. The van der Waals surface area contributed by atoms with Gasteiger partial charge in [-0.05, 0) is 24.6 Å². The van der Waals surface area contributed by atoms with Gasteiger partial charge >= 0.3 is 0 Å². The molecule has 1 aromatic carbocycles. The lowest BCUT2D eigenvalue weighted by Gasteiger charge is -2.09. The molecule has 1 N–H and O–H groups in total. The second kappa shape index (κ2) is 5.44. The molecular weight excluding hydrogens is 282 g/mol. The minimum Gasteiger partial charge on any atom is -0.362 e. The van der Waals surface area contributed by atoms with Crippen LogP contribution in [0.1, 0.15) is 11.4 Å². The quantitative estimate of drug-likeness (QED) is 0.591. The third-order valence-electron chi connectivity index (χ3n) is 3.53. The molecule has 7 nitrogen and oxygen atoms in total. The molecule has 3 aromatic rings. The van der Waals surface area contributed by atoms with E-state index in [0.717, 1.165) is 16.8 Å². The number of imidazole rings is 1. The first kappa shape index (κ1) is 14.0. The Kier molecular flexibility index (Phi) is 3.46. The van der Waals surface area contributed by atoms with Gasteiger partial charge in [0.15, 0.2) is 0 Å². The molecule has 0 saturated carbocycles. The number of aryl methyl sites for hydroxylation is 2. The lowest BCUT2D eigenvalue weighted by atomic mass is 10.1. The maximum absolute atomic E-state index is 11.2. The Hall–Kier alpha value is -2.96. The van der Waals surface area contributed by atoms with Crippen LogP contribution in [0.3, 0.4) is 0 Å². The molecule has 2 heterocycles. The Labute approximate surface area is 126 Å². The van der Waals surface area contributed by atoms with Crippen LogP contribution in [0.5, 0.6) is 0 Å². The lowest BCUT2D eigenvalue weighted by molar-refractivity contribution is -0.383. The van der Waals surface area contributed by atoms with Gasteiger partial charge in [0, 0.05) is 37.1 Å². The molecule has 3 rings (SSSR count). The number of non-ortho nitro benzene ring substituents is 1. The summed E-state index contributed by atoms with van der Waals surface area (Å²) in [4.78, 5) is 19.4. The predicted octanol–water partition coefficient (Wildman–Crippen LogP) is 2.80. The first-order chi connectivity index (χ1) is 10.6. The van der Waals surface area contributed by atoms with Gasteiger partial charge in [0.2, 0.25) is 0 Å². The van der Waals surface area contributed by atoms with E-state index in [-0.39, 0.29) is 10.6 Å². The second-order valence-electron chi connectivity index (χ2n) is 5.10. The summed E-state index contributed by atoms with van der Waals surface area (Å²) in [5, 5.41) is 15.7. The SMILES string of the molecule is Cc1cc([N+](=O)[O-])c2ccnc(NCc3nccn3C)c2c1. The monoisotopic (exact) mass is 297 g/mol. The molecule has 2 aromatic heterocycles. The van der Waals surface area contributed by atoms with Crippen LogP contribution in [-0.4, -0.2) is 19.5 Å². The summed E-state index contributed by atoms with van der Waals surface area (Å²) in [5.74, 6) is 1.48. The average molecular weight is 297 g/mol. The minimum absolute atomic E-state index is 0.0949. The van der Waals surface area contributed by atoms with Crippen LogP contribution in [-0.2, 0) is 13.6 Å². The number of nitro groups is 1. The minimum atomic E-state index is -0.363. The zero-order chi connectivity index (χ0) is 15.7. The Morgan fingerprint density at radius 3 is 2.77 bits per heavy atom. The second-order valence-corrected chi connectivity index (χ2v) is 5.10. The molecule has 112 valence electrons. The van der Waals surface area contributed by atoms with Gasteiger partial charge < -0.3 is 9.88 Å². The number of benzene rings is 1. The van der Waals surface area contributed by atoms with E-state index in [4.69, 9.17) is 0 Å². The number of hydrogen-bond acceptors (Lipinski definition) is 5. The number of pyridine rings is 1. The predicted molar refractivity (Wildman–Crippen MR) is 83.7 cm³/mol. The highest BCUT2D eigenvalue weighted by Gasteiger charge is 2.15. The number of fused-ring (bicyclic) bond motifs is 1. The number of aromatic nitrogens is 3. The van der Waals surface area contributed by atoms with Crippen molar-refractivity contribution in [3.05, 3.63) is 58.3 Å². The van der Waals surface area contributed by atoms with Crippen molar-refractivity contribution in [3.63, 3.8) is 0 Å². The van der Waals surface area contributed by atoms with Gasteiger partial charge in [0.1, 0.15) is 11.6 Å². The zero-order valence-electron chi connectivity index (χ0n) is 12.3. The molecule has 0 unspecified atom stereocenters. The highest BCUT2D eigenvalue weighted by atomic mass is 16.6. The molecule has 0 aliphatic rings. The molecule has 7 heteroatoms. The Morgan fingerprint density at radius 1 is 1.27 bits per heavy atom. The van der Waals surface area contributed by atoms with E-state index in [1.54, 1.807) is 24.5 Å². The van der Waals surface area contributed by atoms with Crippen molar-refractivity contribution in [2.45, 2.75) is 13.5 Å². The largest absolute Gasteiger partial charge is 0.362 e. The first-order valence-corrected chi connectivity index (χ1v) is 6.80. The Balaban J connectivity index is 2.03. The molecule has 0 aliphatic carbocycles. The molecule has 0 bridgehead atoms. The highest BCUT2D eigenvalue weighted by molar-refractivity contribution is 5.98. The van der Waals surface area contributed by atoms with Crippen LogP contribution < -0.4 is 5.32 Å². The lowest BCUT2D eigenvalue weighted by Crippen LogP contribution is -2.07. The van der Waals surface area contributed by atoms with E-state index in [9.17, 15) is 10.1 Å². The fourth-order valence-corrected chi connectivity index (χ4v) is 2.43.